The molecule has 4 heteroatoms. The van der Waals surface area contributed by atoms with Crippen molar-refractivity contribution in [1.82, 2.24) is 10.3 Å². The number of nitrogens with zero attached hydrogens (tertiary/aromatic N) is 1. The molecule has 0 saturated carbocycles. The van der Waals surface area contributed by atoms with E-state index in [4.69, 9.17) is 0 Å². The van der Waals surface area contributed by atoms with Crippen molar-refractivity contribution in [2.45, 2.75) is 26.4 Å². The van der Waals surface area contributed by atoms with E-state index < -0.39 is 0 Å². The Morgan fingerprint density at radius 1 is 1.53 bits per heavy atom. The van der Waals surface area contributed by atoms with Gasteiger partial charge in [0.05, 0.1) is 0 Å². The van der Waals surface area contributed by atoms with Gasteiger partial charge in [0.1, 0.15) is 0 Å². The van der Waals surface area contributed by atoms with Gasteiger partial charge in [-0.25, -0.2) is 0 Å². The first-order valence-electron chi connectivity index (χ1n) is 5.13. The summed E-state index contributed by atoms with van der Waals surface area (Å²) in [7, 11) is 0. The molecule has 0 bridgehead atoms. The number of hydrogen-bond acceptors (Lipinski definition) is 3. The van der Waals surface area contributed by atoms with Crippen LogP contribution in [0.1, 0.15) is 19.4 Å². The Labute approximate surface area is 104 Å². The lowest BCUT2D eigenvalue weighted by Gasteiger charge is -2.12. The fraction of sp³-hybridized carbons (Fsp3) is 0.545. The van der Waals surface area contributed by atoms with Crippen LogP contribution < -0.4 is 5.32 Å². The number of halogens is 1. The fourth-order valence-corrected chi connectivity index (χ4v) is 2.32. The summed E-state index contributed by atoms with van der Waals surface area (Å²) in [5, 5.41) is 3.48. The first kappa shape index (κ1) is 13.0. The molecule has 1 unspecified atom stereocenters. The highest BCUT2D eigenvalue weighted by Crippen LogP contribution is 2.09. The normalized spacial score (nSPS) is 12.7. The molecule has 0 amide bonds. The Balaban J connectivity index is 2.30. The second-order valence-electron chi connectivity index (χ2n) is 3.45. The molecule has 0 aliphatic heterocycles. The topological polar surface area (TPSA) is 24.9 Å². The van der Waals surface area contributed by atoms with Crippen LogP contribution in [0.5, 0.6) is 0 Å². The molecule has 1 aromatic rings. The minimum Gasteiger partial charge on any atom is -0.309 e. The molecule has 0 radical (unpaired) electrons. The summed E-state index contributed by atoms with van der Waals surface area (Å²) < 4.78 is 1.04. The van der Waals surface area contributed by atoms with Crippen LogP contribution in [0.25, 0.3) is 0 Å². The molecule has 2 nitrogen and oxygen atoms in total. The van der Waals surface area contributed by atoms with Gasteiger partial charge in [0.25, 0.3) is 0 Å². The summed E-state index contributed by atoms with van der Waals surface area (Å²) in [4.78, 5) is 4.13. The molecule has 0 fully saturated rings. The average Bonchev–Trinajstić information content (AvgIpc) is 2.23. The molecule has 0 aliphatic carbocycles. The zero-order chi connectivity index (χ0) is 11.1. The lowest BCUT2D eigenvalue weighted by atomic mass is 10.2. The monoisotopic (exact) mass is 288 g/mol. The minimum atomic E-state index is 0.550. The Morgan fingerprint density at radius 2 is 2.33 bits per heavy atom. The molecule has 0 aliphatic rings. The highest BCUT2D eigenvalue weighted by Gasteiger charge is 2.01. The van der Waals surface area contributed by atoms with Crippen LogP contribution >= 0.6 is 27.7 Å². The van der Waals surface area contributed by atoms with Crippen LogP contribution in [0.2, 0.25) is 0 Å². The largest absolute Gasteiger partial charge is 0.309 e. The number of thioether (sulfide) groups is 1. The molecule has 0 spiro atoms. The first-order chi connectivity index (χ1) is 7.22. The maximum Gasteiger partial charge on any atom is 0.0410 e. The zero-order valence-electron chi connectivity index (χ0n) is 9.16. The minimum absolute atomic E-state index is 0.550. The van der Waals surface area contributed by atoms with E-state index in [9.17, 15) is 0 Å². The Hall–Kier alpha value is -0.0600. The van der Waals surface area contributed by atoms with Crippen molar-refractivity contribution in [3.63, 3.8) is 0 Å². The average molecular weight is 289 g/mol. The number of nitrogens with one attached hydrogen (secondary N) is 1. The first-order valence-corrected chi connectivity index (χ1v) is 7.07. The third kappa shape index (κ3) is 5.54. The van der Waals surface area contributed by atoms with Gasteiger partial charge in [0.15, 0.2) is 0 Å². The predicted octanol–water partition coefficient (Wildman–Crippen LogP) is 3.08. The van der Waals surface area contributed by atoms with E-state index in [0.29, 0.717) is 6.04 Å². The molecule has 1 heterocycles. The van der Waals surface area contributed by atoms with E-state index in [0.717, 1.165) is 16.8 Å². The number of pyridine rings is 1. The fourth-order valence-electron chi connectivity index (χ4n) is 1.20. The van der Waals surface area contributed by atoms with Crippen LogP contribution in [-0.4, -0.2) is 22.5 Å². The van der Waals surface area contributed by atoms with E-state index >= 15 is 0 Å². The third-order valence-corrected chi connectivity index (χ3v) is 3.57. The van der Waals surface area contributed by atoms with Gasteiger partial charge in [-0.2, -0.15) is 11.8 Å². The van der Waals surface area contributed by atoms with E-state index in [1.54, 1.807) is 6.20 Å². The second kappa shape index (κ2) is 7.25. The van der Waals surface area contributed by atoms with Crippen molar-refractivity contribution in [1.29, 1.82) is 0 Å². The zero-order valence-corrected chi connectivity index (χ0v) is 11.6. The van der Waals surface area contributed by atoms with Gasteiger partial charge in [-0.3, -0.25) is 4.98 Å². The van der Waals surface area contributed by atoms with E-state index in [1.165, 1.54) is 11.3 Å². The second-order valence-corrected chi connectivity index (χ2v) is 5.69. The van der Waals surface area contributed by atoms with E-state index in [1.807, 2.05) is 18.0 Å². The smallest absolute Gasteiger partial charge is 0.0410 e. The third-order valence-electron chi connectivity index (χ3n) is 1.99. The van der Waals surface area contributed by atoms with E-state index in [2.05, 4.69) is 46.1 Å². The van der Waals surface area contributed by atoms with Crippen LogP contribution in [-0.2, 0) is 6.54 Å². The van der Waals surface area contributed by atoms with Crippen molar-refractivity contribution in [3.8, 4) is 0 Å². The molecule has 1 N–H and O–H groups in total. The van der Waals surface area contributed by atoms with Gasteiger partial charge in [0.2, 0.25) is 0 Å². The van der Waals surface area contributed by atoms with Gasteiger partial charge < -0.3 is 5.32 Å². The van der Waals surface area contributed by atoms with Crippen molar-refractivity contribution in [3.05, 3.63) is 28.5 Å². The molecule has 15 heavy (non-hydrogen) atoms. The molecular weight excluding hydrogens is 272 g/mol. The SMILES string of the molecule is CCSCC(C)NCc1cncc(Br)c1. The highest BCUT2D eigenvalue weighted by atomic mass is 79.9. The summed E-state index contributed by atoms with van der Waals surface area (Å²) in [6.45, 7) is 5.29. The quantitative estimate of drug-likeness (QED) is 0.871. The summed E-state index contributed by atoms with van der Waals surface area (Å²) in [5.74, 6) is 2.35. The van der Waals surface area contributed by atoms with Gasteiger partial charge in [-0.15, -0.1) is 0 Å². The molecular formula is C11H17BrN2S. The Kier molecular flexibility index (Phi) is 6.29. The number of rotatable bonds is 6. The van der Waals surface area contributed by atoms with Crippen LogP contribution in [0.15, 0.2) is 22.9 Å². The lowest BCUT2D eigenvalue weighted by Crippen LogP contribution is -2.27. The summed E-state index contributed by atoms with van der Waals surface area (Å²) in [6.07, 6.45) is 3.71. The van der Waals surface area contributed by atoms with Gasteiger partial charge in [-0.1, -0.05) is 6.92 Å². The van der Waals surface area contributed by atoms with Crippen molar-refractivity contribution >= 4 is 27.7 Å². The number of hydrogen-bond donors (Lipinski definition) is 1. The van der Waals surface area contributed by atoms with Crippen molar-refractivity contribution in [2.24, 2.45) is 0 Å². The molecule has 0 saturated heterocycles. The maximum absolute atomic E-state index is 4.13. The molecule has 84 valence electrons. The van der Waals surface area contributed by atoms with Crippen LogP contribution in [0, 0.1) is 0 Å². The van der Waals surface area contributed by atoms with Crippen molar-refractivity contribution < 1.29 is 0 Å². The molecule has 1 atom stereocenters. The number of aromatic nitrogens is 1. The van der Waals surface area contributed by atoms with E-state index in [-0.39, 0.29) is 0 Å². The van der Waals surface area contributed by atoms with Gasteiger partial charge >= 0.3 is 0 Å². The molecule has 1 rings (SSSR count). The molecule has 1 aromatic heterocycles. The van der Waals surface area contributed by atoms with Gasteiger partial charge in [-0.05, 0) is 40.2 Å². The highest BCUT2D eigenvalue weighted by molar-refractivity contribution is 9.10. The Bertz CT molecular complexity index is 294. The van der Waals surface area contributed by atoms with Crippen LogP contribution in [0.4, 0.5) is 0 Å². The van der Waals surface area contributed by atoms with Crippen molar-refractivity contribution in [2.75, 3.05) is 11.5 Å². The maximum atomic E-state index is 4.13. The summed E-state index contributed by atoms with van der Waals surface area (Å²) >= 11 is 5.38. The molecule has 0 aromatic carbocycles. The summed E-state index contributed by atoms with van der Waals surface area (Å²) in [6, 6.07) is 2.65. The van der Waals surface area contributed by atoms with Crippen LogP contribution in [0.3, 0.4) is 0 Å². The summed E-state index contributed by atoms with van der Waals surface area (Å²) in [5.41, 5.74) is 1.22. The van der Waals surface area contributed by atoms with Gasteiger partial charge in [0, 0.05) is 35.2 Å². The lowest BCUT2D eigenvalue weighted by molar-refractivity contribution is 0.595. The predicted molar refractivity (Wildman–Crippen MR) is 71.2 cm³/mol. The standard InChI is InChI=1S/C11H17BrN2S/c1-3-15-8-9(2)14-6-10-4-11(12)7-13-5-10/h4-5,7,9,14H,3,6,8H2,1-2H3. The Morgan fingerprint density at radius 3 is 3.00 bits per heavy atom.